The standard InChI is InChI=1S/C11H21F2N3O/c1-8(11(12)13)15-9-3-5-16(6-4-9)7-10(17)14-2/h8-9,11,15H,3-7H2,1-2H3,(H,14,17). The monoisotopic (exact) mass is 249 g/mol. The third-order valence-electron chi connectivity index (χ3n) is 3.11. The van der Waals surface area contributed by atoms with E-state index in [0.717, 1.165) is 25.9 Å². The van der Waals surface area contributed by atoms with E-state index in [2.05, 4.69) is 10.6 Å². The normalized spacial score (nSPS) is 20.5. The number of piperidine rings is 1. The van der Waals surface area contributed by atoms with Crippen molar-refractivity contribution in [2.75, 3.05) is 26.7 Å². The Hall–Kier alpha value is -0.750. The number of amides is 1. The molecule has 0 bridgehead atoms. The van der Waals surface area contributed by atoms with E-state index in [1.165, 1.54) is 6.92 Å². The number of alkyl halides is 2. The first-order chi connectivity index (χ1) is 8.02. The number of likely N-dealkylation sites (N-methyl/N-ethyl adjacent to an activating group) is 1. The summed E-state index contributed by atoms with van der Waals surface area (Å²) in [5.41, 5.74) is 0. The van der Waals surface area contributed by atoms with Gasteiger partial charge in [0.25, 0.3) is 6.43 Å². The Bertz CT molecular complexity index is 243. The maximum atomic E-state index is 12.4. The second-order valence-electron chi connectivity index (χ2n) is 4.51. The fraction of sp³-hybridized carbons (Fsp3) is 0.909. The molecule has 0 aromatic heterocycles. The lowest BCUT2D eigenvalue weighted by Crippen LogP contribution is -2.49. The van der Waals surface area contributed by atoms with Crippen LogP contribution in [0.3, 0.4) is 0 Å². The van der Waals surface area contributed by atoms with Gasteiger partial charge in [0, 0.05) is 26.2 Å². The Kier molecular flexibility index (Phi) is 5.77. The lowest BCUT2D eigenvalue weighted by atomic mass is 10.0. The van der Waals surface area contributed by atoms with Crippen molar-refractivity contribution in [1.82, 2.24) is 15.5 Å². The van der Waals surface area contributed by atoms with Gasteiger partial charge in [-0.05, 0) is 19.8 Å². The third-order valence-corrected chi connectivity index (χ3v) is 3.11. The summed E-state index contributed by atoms with van der Waals surface area (Å²) in [4.78, 5) is 13.2. The second kappa shape index (κ2) is 6.86. The Morgan fingerprint density at radius 1 is 1.41 bits per heavy atom. The molecule has 1 fully saturated rings. The molecule has 1 amide bonds. The summed E-state index contributed by atoms with van der Waals surface area (Å²) in [6.07, 6.45) is -0.693. The molecule has 1 aliphatic rings. The highest BCUT2D eigenvalue weighted by Gasteiger charge is 2.24. The Balaban J connectivity index is 2.24. The smallest absolute Gasteiger partial charge is 0.253 e. The minimum absolute atomic E-state index is 0.00245. The average Bonchev–Trinajstić information content (AvgIpc) is 2.31. The first-order valence-corrected chi connectivity index (χ1v) is 6.00. The molecular weight excluding hydrogens is 228 g/mol. The van der Waals surface area contributed by atoms with E-state index in [1.54, 1.807) is 7.05 Å². The number of likely N-dealkylation sites (tertiary alicyclic amines) is 1. The Labute approximate surface area is 101 Å². The molecule has 17 heavy (non-hydrogen) atoms. The van der Waals surface area contributed by atoms with Crippen LogP contribution in [0.2, 0.25) is 0 Å². The molecule has 0 saturated carbocycles. The zero-order chi connectivity index (χ0) is 12.8. The zero-order valence-corrected chi connectivity index (χ0v) is 10.4. The van der Waals surface area contributed by atoms with Gasteiger partial charge >= 0.3 is 0 Å². The van der Waals surface area contributed by atoms with Gasteiger partial charge in [0.05, 0.1) is 12.6 Å². The molecule has 4 nitrogen and oxygen atoms in total. The summed E-state index contributed by atoms with van der Waals surface area (Å²) in [5, 5.41) is 5.50. The van der Waals surface area contributed by atoms with Crippen molar-refractivity contribution in [3.8, 4) is 0 Å². The highest BCUT2D eigenvalue weighted by atomic mass is 19.3. The number of nitrogens with one attached hydrogen (secondary N) is 2. The van der Waals surface area contributed by atoms with Crippen LogP contribution < -0.4 is 10.6 Å². The zero-order valence-electron chi connectivity index (χ0n) is 10.4. The minimum atomic E-state index is -2.32. The maximum Gasteiger partial charge on any atom is 0.253 e. The maximum absolute atomic E-state index is 12.4. The Morgan fingerprint density at radius 2 is 2.00 bits per heavy atom. The first kappa shape index (κ1) is 14.3. The molecule has 1 rings (SSSR count). The van der Waals surface area contributed by atoms with Crippen molar-refractivity contribution >= 4 is 5.91 Å². The SMILES string of the molecule is CNC(=O)CN1CCC(NC(C)C(F)F)CC1. The van der Waals surface area contributed by atoms with E-state index in [1.807, 2.05) is 4.90 Å². The number of nitrogens with zero attached hydrogens (tertiary/aromatic N) is 1. The predicted molar refractivity (Wildman–Crippen MR) is 62.1 cm³/mol. The molecular formula is C11H21F2N3O. The summed E-state index contributed by atoms with van der Waals surface area (Å²) < 4.78 is 24.7. The van der Waals surface area contributed by atoms with Gasteiger partial charge in [0.1, 0.15) is 0 Å². The van der Waals surface area contributed by atoms with Gasteiger partial charge in [-0.25, -0.2) is 8.78 Å². The van der Waals surface area contributed by atoms with E-state index < -0.39 is 12.5 Å². The quantitative estimate of drug-likeness (QED) is 0.743. The molecule has 2 N–H and O–H groups in total. The van der Waals surface area contributed by atoms with Crippen LogP contribution in [0.5, 0.6) is 0 Å². The second-order valence-corrected chi connectivity index (χ2v) is 4.51. The van der Waals surface area contributed by atoms with Crippen molar-refractivity contribution in [3.63, 3.8) is 0 Å². The number of halogens is 2. The molecule has 0 aromatic rings. The van der Waals surface area contributed by atoms with Crippen LogP contribution in [0.15, 0.2) is 0 Å². The number of hydrogen-bond acceptors (Lipinski definition) is 3. The van der Waals surface area contributed by atoms with Crippen LogP contribution in [0.4, 0.5) is 8.78 Å². The van der Waals surface area contributed by atoms with Gasteiger partial charge in [-0.2, -0.15) is 0 Å². The fourth-order valence-electron chi connectivity index (χ4n) is 1.98. The Morgan fingerprint density at radius 3 is 2.47 bits per heavy atom. The number of carbonyl (C=O) groups excluding carboxylic acids is 1. The lowest BCUT2D eigenvalue weighted by molar-refractivity contribution is -0.122. The van der Waals surface area contributed by atoms with Crippen molar-refractivity contribution < 1.29 is 13.6 Å². The number of hydrogen-bond donors (Lipinski definition) is 2. The van der Waals surface area contributed by atoms with E-state index >= 15 is 0 Å². The topological polar surface area (TPSA) is 44.4 Å². The summed E-state index contributed by atoms with van der Waals surface area (Å²) in [6.45, 7) is 3.46. The molecule has 1 aliphatic heterocycles. The minimum Gasteiger partial charge on any atom is -0.358 e. The molecule has 0 radical (unpaired) electrons. The highest BCUT2D eigenvalue weighted by molar-refractivity contribution is 5.77. The van der Waals surface area contributed by atoms with Crippen molar-refractivity contribution in [1.29, 1.82) is 0 Å². The van der Waals surface area contributed by atoms with E-state index in [-0.39, 0.29) is 11.9 Å². The molecule has 1 unspecified atom stereocenters. The van der Waals surface area contributed by atoms with Crippen molar-refractivity contribution in [2.24, 2.45) is 0 Å². The molecule has 1 atom stereocenters. The predicted octanol–water partition coefficient (Wildman–Crippen LogP) is 0.440. The summed E-state index contributed by atoms with van der Waals surface area (Å²) in [7, 11) is 1.61. The summed E-state index contributed by atoms with van der Waals surface area (Å²) >= 11 is 0. The van der Waals surface area contributed by atoms with E-state index in [9.17, 15) is 13.6 Å². The van der Waals surface area contributed by atoms with Gasteiger partial charge in [0.2, 0.25) is 5.91 Å². The molecule has 6 heteroatoms. The number of carbonyl (C=O) groups is 1. The molecule has 0 aliphatic carbocycles. The van der Waals surface area contributed by atoms with Gasteiger partial charge in [-0.1, -0.05) is 0 Å². The van der Waals surface area contributed by atoms with Gasteiger partial charge in [-0.15, -0.1) is 0 Å². The average molecular weight is 249 g/mol. The van der Waals surface area contributed by atoms with Gasteiger partial charge in [0.15, 0.2) is 0 Å². The van der Waals surface area contributed by atoms with Crippen molar-refractivity contribution in [2.45, 2.75) is 38.3 Å². The molecule has 100 valence electrons. The largest absolute Gasteiger partial charge is 0.358 e. The third kappa shape index (κ3) is 4.95. The van der Waals surface area contributed by atoms with Crippen molar-refractivity contribution in [3.05, 3.63) is 0 Å². The fourth-order valence-corrected chi connectivity index (χ4v) is 1.98. The highest BCUT2D eigenvalue weighted by Crippen LogP contribution is 2.12. The molecule has 0 aromatic carbocycles. The summed E-state index contributed by atoms with van der Waals surface area (Å²) in [6, 6.07) is -0.620. The van der Waals surface area contributed by atoms with Gasteiger partial charge < -0.3 is 10.6 Å². The molecule has 1 heterocycles. The molecule has 1 saturated heterocycles. The number of rotatable bonds is 5. The van der Waals surface area contributed by atoms with E-state index in [0.29, 0.717) is 6.54 Å². The van der Waals surface area contributed by atoms with Crippen LogP contribution in [0.1, 0.15) is 19.8 Å². The summed E-state index contributed by atoms with van der Waals surface area (Å²) in [5.74, 6) is -0.00245. The lowest BCUT2D eigenvalue weighted by Gasteiger charge is -2.33. The van der Waals surface area contributed by atoms with Crippen LogP contribution in [0, 0.1) is 0 Å². The van der Waals surface area contributed by atoms with Gasteiger partial charge in [-0.3, -0.25) is 9.69 Å². The van der Waals surface area contributed by atoms with Crippen LogP contribution >= 0.6 is 0 Å². The van der Waals surface area contributed by atoms with Crippen LogP contribution in [-0.4, -0.2) is 56.0 Å². The molecule has 0 spiro atoms. The van der Waals surface area contributed by atoms with Crippen LogP contribution in [-0.2, 0) is 4.79 Å². The van der Waals surface area contributed by atoms with Crippen LogP contribution in [0.25, 0.3) is 0 Å². The van der Waals surface area contributed by atoms with E-state index in [4.69, 9.17) is 0 Å². The first-order valence-electron chi connectivity index (χ1n) is 6.00.